The summed E-state index contributed by atoms with van der Waals surface area (Å²) < 4.78 is 2.13. The van der Waals surface area contributed by atoms with Gasteiger partial charge >= 0.3 is 0 Å². The van der Waals surface area contributed by atoms with Gasteiger partial charge in [-0.1, -0.05) is 0 Å². The van der Waals surface area contributed by atoms with Gasteiger partial charge in [-0.05, 0) is 67.8 Å². The van der Waals surface area contributed by atoms with E-state index in [-0.39, 0.29) is 17.7 Å². The van der Waals surface area contributed by atoms with Crippen molar-refractivity contribution in [2.45, 2.75) is 20.8 Å². The summed E-state index contributed by atoms with van der Waals surface area (Å²) in [4.78, 5) is 34.1. The van der Waals surface area contributed by atoms with Gasteiger partial charge in [0.05, 0.1) is 27.8 Å². The smallest absolute Gasteiger partial charge is 0.221 e. The van der Waals surface area contributed by atoms with Crippen LogP contribution in [0, 0.1) is 10.7 Å². The van der Waals surface area contributed by atoms with Gasteiger partial charge in [0.2, 0.25) is 17.7 Å². The molecule has 0 aliphatic carbocycles. The molecule has 0 saturated carbocycles. The molecule has 0 saturated heterocycles. The summed E-state index contributed by atoms with van der Waals surface area (Å²) in [6, 6.07) is 0. The molecule has 6 nitrogen and oxygen atoms in total. The summed E-state index contributed by atoms with van der Waals surface area (Å²) >= 11 is 6.17. The predicted molar refractivity (Wildman–Crippen MR) is 108 cm³/mol. The highest BCUT2D eigenvalue weighted by Crippen LogP contribution is 2.41. The number of rotatable bonds is 3. The molecule has 1 aromatic rings. The van der Waals surface area contributed by atoms with Gasteiger partial charge in [0.1, 0.15) is 0 Å². The van der Waals surface area contributed by atoms with Crippen LogP contribution in [0.2, 0.25) is 0 Å². The van der Waals surface area contributed by atoms with Gasteiger partial charge in [-0.2, -0.15) is 0 Å². The summed E-state index contributed by atoms with van der Waals surface area (Å²) in [5, 5.41) is 8.21. The highest BCUT2D eigenvalue weighted by Gasteiger charge is 2.22. The van der Waals surface area contributed by atoms with Crippen LogP contribution < -0.4 is 16.0 Å². The minimum absolute atomic E-state index is 0.227. The van der Waals surface area contributed by atoms with E-state index in [1.807, 2.05) is 0 Å². The van der Waals surface area contributed by atoms with E-state index < -0.39 is 0 Å². The van der Waals surface area contributed by atoms with Crippen LogP contribution in [0.1, 0.15) is 20.8 Å². The zero-order valence-electron chi connectivity index (χ0n) is 11.4. The molecule has 0 bridgehead atoms. The Morgan fingerprint density at radius 3 is 0.952 bits per heavy atom. The lowest BCUT2D eigenvalue weighted by Crippen LogP contribution is -2.17. The third-order valence-electron chi connectivity index (χ3n) is 2.22. The Morgan fingerprint density at radius 1 is 0.619 bits per heavy atom. The van der Waals surface area contributed by atoms with E-state index >= 15 is 0 Å². The van der Waals surface area contributed by atoms with Crippen LogP contribution >= 0.6 is 67.8 Å². The van der Waals surface area contributed by atoms with E-state index in [1.165, 1.54) is 20.8 Å². The van der Waals surface area contributed by atoms with Crippen molar-refractivity contribution in [1.82, 2.24) is 0 Å². The van der Waals surface area contributed by atoms with Gasteiger partial charge in [-0.15, -0.1) is 0 Å². The second kappa shape index (κ2) is 7.89. The lowest BCUT2D eigenvalue weighted by molar-refractivity contribution is -0.115. The van der Waals surface area contributed by atoms with Crippen molar-refractivity contribution in [3.05, 3.63) is 10.7 Å². The van der Waals surface area contributed by atoms with Gasteiger partial charge in [-0.3, -0.25) is 14.4 Å². The zero-order chi connectivity index (χ0) is 16.3. The molecule has 3 amide bonds. The predicted octanol–water partition coefficient (Wildman–Crippen LogP) is 3.38. The van der Waals surface area contributed by atoms with Gasteiger partial charge in [0.15, 0.2) is 0 Å². The van der Waals surface area contributed by atoms with Crippen LogP contribution in [0.4, 0.5) is 17.1 Å². The Kier molecular flexibility index (Phi) is 7.09. The average Bonchev–Trinajstić information content (AvgIpc) is 2.35. The van der Waals surface area contributed by atoms with Crippen molar-refractivity contribution in [1.29, 1.82) is 0 Å². The topological polar surface area (TPSA) is 87.3 Å². The van der Waals surface area contributed by atoms with Crippen LogP contribution in [0.15, 0.2) is 0 Å². The summed E-state index contributed by atoms with van der Waals surface area (Å²) in [6.45, 7) is 4.21. The molecule has 0 unspecified atom stereocenters. The summed E-state index contributed by atoms with van der Waals surface area (Å²) in [5.74, 6) is -0.682. The van der Waals surface area contributed by atoms with Crippen molar-refractivity contribution >= 4 is 103 Å². The minimum Gasteiger partial charge on any atom is -0.324 e. The molecule has 0 atom stereocenters. The molecule has 0 spiro atoms. The molecule has 0 aromatic heterocycles. The van der Waals surface area contributed by atoms with Crippen molar-refractivity contribution in [3.8, 4) is 0 Å². The Labute approximate surface area is 163 Å². The summed E-state index contributed by atoms with van der Waals surface area (Å²) in [7, 11) is 0. The molecule has 0 aliphatic rings. The van der Waals surface area contributed by atoms with Crippen molar-refractivity contribution in [2.75, 3.05) is 16.0 Å². The molecule has 114 valence electrons. The molecule has 1 aromatic carbocycles. The summed E-state index contributed by atoms with van der Waals surface area (Å²) in [6.07, 6.45) is 0. The number of carbonyl (C=O) groups excluding carboxylic acids is 3. The standard InChI is InChI=1S/C12H12I3N3O3/c1-4(19)16-10-7(13)11(17-5(2)20)9(15)12(8(10)14)18-6(3)21/h1-3H3,(H,16,19)(H,17,20)(H,18,21). The van der Waals surface area contributed by atoms with Crippen LogP contribution in [-0.4, -0.2) is 17.7 Å². The number of amides is 3. The van der Waals surface area contributed by atoms with E-state index in [0.29, 0.717) is 27.8 Å². The number of carbonyl (C=O) groups is 3. The molecule has 0 aliphatic heterocycles. The SMILES string of the molecule is CC(=O)Nc1c(I)c(NC(C)=O)c(I)c(NC(C)=O)c1I. The van der Waals surface area contributed by atoms with E-state index in [2.05, 4.69) is 83.7 Å². The second-order valence-corrected chi connectivity index (χ2v) is 7.35. The summed E-state index contributed by atoms with van der Waals surface area (Å²) in [5.41, 5.74) is 1.70. The van der Waals surface area contributed by atoms with E-state index in [0.717, 1.165) is 0 Å². The number of benzene rings is 1. The monoisotopic (exact) mass is 627 g/mol. The number of halogens is 3. The third kappa shape index (κ3) is 4.91. The Bertz CT molecular complexity index is 525. The van der Waals surface area contributed by atoms with Crippen molar-refractivity contribution in [3.63, 3.8) is 0 Å². The maximum Gasteiger partial charge on any atom is 0.221 e. The van der Waals surface area contributed by atoms with Crippen LogP contribution in [0.25, 0.3) is 0 Å². The fourth-order valence-electron chi connectivity index (χ4n) is 1.52. The molecule has 0 radical (unpaired) electrons. The van der Waals surface area contributed by atoms with Gasteiger partial charge in [0.25, 0.3) is 0 Å². The normalized spacial score (nSPS) is 10.0. The molecular weight excluding hydrogens is 615 g/mol. The van der Waals surface area contributed by atoms with Crippen LogP contribution in [0.3, 0.4) is 0 Å². The van der Waals surface area contributed by atoms with E-state index in [9.17, 15) is 14.4 Å². The maximum absolute atomic E-state index is 11.4. The largest absolute Gasteiger partial charge is 0.324 e. The van der Waals surface area contributed by atoms with Crippen molar-refractivity contribution in [2.24, 2.45) is 0 Å². The lowest BCUT2D eigenvalue weighted by Gasteiger charge is -2.19. The first-order valence-corrected chi connectivity index (χ1v) is 8.92. The van der Waals surface area contributed by atoms with Crippen LogP contribution in [0.5, 0.6) is 0 Å². The molecule has 1 rings (SSSR count). The Morgan fingerprint density at radius 2 is 0.810 bits per heavy atom. The highest BCUT2D eigenvalue weighted by atomic mass is 127. The van der Waals surface area contributed by atoms with Gasteiger partial charge in [0, 0.05) is 20.8 Å². The van der Waals surface area contributed by atoms with Gasteiger partial charge in [-0.25, -0.2) is 0 Å². The lowest BCUT2D eigenvalue weighted by atomic mass is 10.2. The molecule has 0 heterocycles. The minimum atomic E-state index is -0.227. The fourth-order valence-corrected chi connectivity index (χ4v) is 5.50. The molecule has 3 N–H and O–H groups in total. The fraction of sp³-hybridized carbons (Fsp3) is 0.250. The number of anilines is 3. The quantitative estimate of drug-likeness (QED) is 0.450. The van der Waals surface area contributed by atoms with Crippen molar-refractivity contribution < 1.29 is 14.4 Å². The highest BCUT2D eigenvalue weighted by molar-refractivity contribution is 14.1. The molecule has 9 heteroatoms. The Hall–Kier alpha value is -0.180. The molecule has 21 heavy (non-hydrogen) atoms. The Balaban J connectivity index is 3.60. The van der Waals surface area contributed by atoms with Crippen LogP contribution in [-0.2, 0) is 14.4 Å². The van der Waals surface area contributed by atoms with Gasteiger partial charge < -0.3 is 16.0 Å². The third-order valence-corrected chi connectivity index (χ3v) is 5.46. The van der Waals surface area contributed by atoms with E-state index in [4.69, 9.17) is 0 Å². The van der Waals surface area contributed by atoms with E-state index in [1.54, 1.807) is 0 Å². The first-order chi connectivity index (χ1) is 9.65. The number of hydrogen-bond donors (Lipinski definition) is 3. The second-order valence-electron chi connectivity index (χ2n) is 4.11. The molecule has 0 fully saturated rings. The molecular formula is C12H12I3N3O3. The number of hydrogen-bond acceptors (Lipinski definition) is 3. The zero-order valence-corrected chi connectivity index (χ0v) is 17.8. The number of nitrogens with one attached hydrogen (secondary N) is 3. The average molecular weight is 627 g/mol. The first-order valence-electron chi connectivity index (χ1n) is 5.68. The maximum atomic E-state index is 11.4. The first kappa shape index (κ1) is 18.9.